The molecule has 162 valence electrons. The van der Waals surface area contributed by atoms with Crippen molar-refractivity contribution in [1.82, 2.24) is 15.2 Å². The second-order valence-corrected chi connectivity index (χ2v) is 10.9. The third kappa shape index (κ3) is 5.12. The van der Waals surface area contributed by atoms with E-state index in [1.54, 1.807) is 24.3 Å². The molecule has 0 spiro atoms. The van der Waals surface area contributed by atoms with Crippen molar-refractivity contribution >= 4 is 54.9 Å². The van der Waals surface area contributed by atoms with Crippen molar-refractivity contribution in [2.75, 3.05) is 5.75 Å². The molecule has 1 N–H and O–H groups in total. The summed E-state index contributed by atoms with van der Waals surface area (Å²) in [5, 5.41) is 7.86. The maximum absolute atomic E-state index is 12.8. The summed E-state index contributed by atoms with van der Waals surface area (Å²) < 4.78 is 26.4. The summed E-state index contributed by atoms with van der Waals surface area (Å²) in [6, 6.07) is 19.5. The first-order chi connectivity index (χ1) is 15.3. The van der Waals surface area contributed by atoms with E-state index < -0.39 is 9.84 Å². The van der Waals surface area contributed by atoms with E-state index in [4.69, 9.17) is 11.6 Å². The maximum Gasteiger partial charge on any atom is 0.209 e. The van der Waals surface area contributed by atoms with Crippen LogP contribution in [-0.2, 0) is 9.84 Å². The van der Waals surface area contributed by atoms with Crippen molar-refractivity contribution in [3.8, 4) is 11.4 Å². The number of nitrogens with one attached hydrogen (secondary N) is 1. The number of H-pyrrole nitrogens is 1. The predicted octanol–water partition coefficient (Wildman–Crippen LogP) is 5.70. The molecule has 0 saturated carbocycles. The summed E-state index contributed by atoms with van der Waals surface area (Å²) in [5.41, 5.74) is 1.30. The second kappa shape index (κ2) is 9.58. The van der Waals surface area contributed by atoms with Crippen LogP contribution in [0.3, 0.4) is 0 Å². The Hall–Kier alpha value is -2.46. The number of hydrogen-bond donors (Lipinski definition) is 1. The quantitative estimate of drug-likeness (QED) is 0.235. The lowest BCUT2D eigenvalue weighted by atomic mass is 10.2. The van der Waals surface area contributed by atoms with Crippen LogP contribution in [0.25, 0.3) is 11.4 Å². The molecule has 0 atom stereocenters. The van der Waals surface area contributed by atoms with Gasteiger partial charge in [0.1, 0.15) is 0 Å². The first kappa shape index (κ1) is 22.7. The average Bonchev–Trinajstić information content (AvgIpc) is 3.27. The largest absolute Gasteiger partial charge is 0.293 e. The van der Waals surface area contributed by atoms with Gasteiger partial charge in [0.25, 0.3) is 0 Å². The Labute approximate surface area is 202 Å². The molecule has 1 aromatic heterocycles. The Balaban J connectivity index is 1.44. The van der Waals surface area contributed by atoms with Crippen LogP contribution >= 0.6 is 39.3 Å². The number of nitrogens with zero attached hydrogens (tertiary/aromatic N) is 2. The van der Waals surface area contributed by atoms with Gasteiger partial charge in [-0.3, -0.25) is 9.89 Å². The van der Waals surface area contributed by atoms with Crippen molar-refractivity contribution in [3.63, 3.8) is 0 Å². The fourth-order valence-electron chi connectivity index (χ4n) is 2.83. The average molecular weight is 549 g/mol. The SMILES string of the molecule is O=C(CSc1n[nH]c(-c2ccc(S(=O)(=O)c3ccc(Cl)cc3)cc2)n1)c1ccc(Br)cc1. The Morgan fingerprint density at radius 2 is 1.53 bits per heavy atom. The summed E-state index contributed by atoms with van der Waals surface area (Å²) in [6.45, 7) is 0. The van der Waals surface area contributed by atoms with Gasteiger partial charge in [0.2, 0.25) is 15.0 Å². The second-order valence-electron chi connectivity index (χ2n) is 6.67. The summed E-state index contributed by atoms with van der Waals surface area (Å²) in [5.74, 6) is 0.668. The van der Waals surface area contributed by atoms with Gasteiger partial charge in [-0.1, -0.05) is 51.4 Å². The predicted molar refractivity (Wildman–Crippen MR) is 128 cm³/mol. The van der Waals surface area contributed by atoms with Crippen LogP contribution in [0.4, 0.5) is 0 Å². The molecule has 0 bridgehead atoms. The number of carbonyl (C=O) groups is 1. The molecule has 32 heavy (non-hydrogen) atoms. The Kier molecular flexibility index (Phi) is 6.80. The van der Waals surface area contributed by atoms with E-state index in [9.17, 15) is 13.2 Å². The minimum atomic E-state index is -3.65. The number of aromatic amines is 1. The summed E-state index contributed by atoms with van der Waals surface area (Å²) in [6.07, 6.45) is 0. The molecule has 0 saturated heterocycles. The van der Waals surface area contributed by atoms with E-state index in [1.165, 1.54) is 48.2 Å². The van der Waals surface area contributed by atoms with E-state index >= 15 is 0 Å². The Bertz CT molecular complexity index is 1360. The molecule has 4 rings (SSSR count). The van der Waals surface area contributed by atoms with Crippen LogP contribution in [0.5, 0.6) is 0 Å². The van der Waals surface area contributed by atoms with E-state index in [0.717, 1.165) is 4.47 Å². The van der Waals surface area contributed by atoms with Gasteiger partial charge in [-0.05, 0) is 60.7 Å². The molecule has 0 amide bonds. The summed E-state index contributed by atoms with van der Waals surface area (Å²) in [4.78, 5) is 17.0. The minimum absolute atomic E-state index is 0.0226. The molecule has 4 aromatic rings. The molecule has 0 fully saturated rings. The molecular formula is C22H15BrClN3O3S2. The summed E-state index contributed by atoms with van der Waals surface area (Å²) in [7, 11) is -3.65. The molecule has 1 heterocycles. The zero-order valence-corrected chi connectivity index (χ0v) is 20.3. The van der Waals surface area contributed by atoms with E-state index in [1.807, 2.05) is 12.1 Å². The molecule has 0 aliphatic rings. The number of halogens is 2. The van der Waals surface area contributed by atoms with Gasteiger partial charge in [0.05, 0.1) is 15.5 Å². The fourth-order valence-corrected chi connectivity index (χ4v) is 5.18. The first-order valence-corrected chi connectivity index (χ1v) is 12.9. The fraction of sp³-hybridized carbons (Fsp3) is 0.0455. The van der Waals surface area contributed by atoms with Crippen LogP contribution in [0.15, 0.2) is 92.2 Å². The molecule has 0 aliphatic carbocycles. The van der Waals surface area contributed by atoms with Crippen LogP contribution in [0.2, 0.25) is 5.02 Å². The maximum atomic E-state index is 12.8. The smallest absolute Gasteiger partial charge is 0.209 e. The highest BCUT2D eigenvalue weighted by atomic mass is 79.9. The zero-order valence-electron chi connectivity index (χ0n) is 16.3. The first-order valence-electron chi connectivity index (χ1n) is 9.28. The van der Waals surface area contributed by atoms with E-state index in [-0.39, 0.29) is 21.3 Å². The highest BCUT2D eigenvalue weighted by molar-refractivity contribution is 9.10. The lowest BCUT2D eigenvalue weighted by Crippen LogP contribution is -2.02. The number of aromatic nitrogens is 3. The van der Waals surface area contributed by atoms with Gasteiger partial charge in [0.15, 0.2) is 11.6 Å². The van der Waals surface area contributed by atoms with Crippen molar-refractivity contribution in [3.05, 3.63) is 87.9 Å². The highest BCUT2D eigenvalue weighted by Gasteiger charge is 2.18. The normalized spacial score (nSPS) is 11.4. The highest BCUT2D eigenvalue weighted by Crippen LogP contribution is 2.26. The molecule has 0 aliphatic heterocycles. The van der Waals surface area contributed by atoms with Crippen molar-refractivity contribution in [2.24, 2.45) is 0 Å². The number of carbonyl (C=O) groups excluding carboxylic acids is 1. The van der Waals surface area contributed by atoms with Crippen LogP contribution in [-0.4, -0.2) is 35.1 Å². The molecular weight excluding hydrogens is 534 g/mol. The number of hydrogen-bond acceptors (Lipinski definition) is 6. The van der Waals surface area contributed by atoms with Crippen LogP contribution in [0.1, 0.15) is 10.4 Å². The van der Waals surface area contributed by atoms with E-state index in [0.29, 0.717) is 27.1 Å². The number of thioether (sulfide) groups is 1. The number of rotatable bonds is 7. The van der Waals surface area contributed by atoms with Gasteiger partial charge in [0, 0.05) is 20.6 Å². The number of ketones is 1. The standard InChI is InChI=1S/C22H15BrClN3O3S2/c23-16-5-1-14(2-6-16)20(28)13-31-22-25-21(26-27-22)15-3-9-18(10-4-15)32(29,30)19-11-7-17(24)8-12-19/h1-12H,13H2,(H,25,26,27). The van der Waals surface area contributed by atoms with Crippen LogP contribution < -0.4 is 0 Å². The van der Waals surface area contributed by atoms with Gasteiger partial charge < -0.3 is 0 Å². The van der Waals surface area contributed by atoms with E-state index in [2.05, 4.69) is 31.1 Å². The lowest BCUT2D eigenvalue weighted by Gasteiger charge is -2.05. The Morgan fingerprint density at radius 1 is 0.938 bits per heavy atom. The third-order valence-corrected chi connectivity index (χ3v) is 7.94. The number of sulfone groups is 1. The van der Waals surface area contributed by atoms with Crippen LogP contribution in [0, 0.1) is 0 Å². The van der Waals surface area contributed by atoms with Crippen molar-refractivity contribution in [1.29, 1.82) is 0 Å². The lowest BCUT2D eigenvalue weighted by molar-refractivity contribution is 0.102. The molecule has 3 aromatic carbocycles. The molecule has 0 unspecified atom stereocenters. The zero-order chi connectivity index (χ0) is 22.7. The van der Waals surface area contributed by atoms with Crippen molar-refractivity contribution in [2.45, 2.75) is 14.9 Å². The number of Topliss-reactive ketones (excluding diaryl/α,β-unsaturated/α-hetero) is 1. The topological polar surface area (TPSA) is 92.8 Å². The Morgan fingerprint density at radius 3 is 2.16 bits per heavy atom. The monoisotopic (exact) mass is 547 g/mol. The van der Waals surface area contributed by atoms with Gasteiger partial charge in [-0.15, -0.1) is 5.10 Å². The van der Waals surface area contributed by atoms with Gasteiger partial charge in [-0.25, -0.2) is 13.4 Å². The van der Waals surface area contributed by atoms with Gasteiger partial charge in [-0.2, -0.15) is 0 Å². The van der Waals surface area contributed by atoms with Gasteiger partial charge >= 0.3 is 0 Å². The molecule has 10 heteroatoms. The minimum Gasteiger partial charge on any atom is -0.293 e. The number of benzene rings is 3. The third-order valence-electron chi connectivity index (χ3n) is 4.53. The molecule has 0 radical (unpaired) electrons. The van der Waals surface area contributed by atoms with Crippen molar-refractivity contribution < 1.29 is 13.2 Å². The molecule has 6 nitrogen and oxygen atoms in total. The summed E-state index contributed by atoms with van der Waals surface area (Å²) >= 11 is 10.4.